The Kier molecular flexibility index (Phi) is 5.44. The van der Waals surface area contributed by atoms with Crippen LogP contribution in [0.25, 0.3) is 0 Å². The average molecular weight is 411 g/mol. The fourth-order valence-corrected chi connectivity index (χ4v) is 4.32. The smallest absolute Gasteiger partial charge is 0.286 e. The molecule has 2 aromatic carbocycles. The first-order chi connectivity index (χ1) is 14.0. The first-order valence-corrected chi connectivity index (χ1v) is 10.2. The van der Waals surface area contributed by atoms with E-state index in [0.29, 0.717) is 37.6 Å². The summed E-state index contributed by atoms with van der Waals surface area (Å²) in [5, 5.41) is 1.63. The van der Waals surface area contributed by atoms with Crippen molar-refractivity contribution < 1.29 is 19.1 Å². The molecule has 150 valence electrons. The molecule has 1 unspecified atom stereocenters. The van der Waals surface area contributed by atoms with Gasteiger partial charge in [0.25, 0.3) is 11.1 Å². The number of amides is 3. The van der Waals surface area contributed by atoms with E-state index in [1.807, 2.05) is 60.5 Å². The quantitative estimate of drug-likeness (QED) is 0.787. The Labute approximate surface area is 173 Å². The van der Waals surface area contributed by atoms with Crippen LogP contribution in [0.5, 0.6) is 5.75 Å². The molecule has 2 aliphatic rings. The molecule has 1 fully saturated rings. The molecule has 0 aliphatic carbocycles. The predicted molar refractivity (Wildman–Crippen MR) is 111 cm³/mol. The number of thioether (sulfide) groups is 1. The van der Waals surface area contributed by atoms with Crippen LogP contribution in [-0.2, 0) is 11.2 Å². The van der Waals surface area contributed by atoms with Crippen molar-refractivity contribution in [1.29, 1.82) is 0 Å². The second-order valence-corrected chi connectivity index (χ2v) is 8.18. The lowest BCUT2D eigenvalue weighted by Crippen LogP contribution is -2.46. The summed E-state index contributed by atoms with van der Waals surface area (Å²) in [7, 11) is 1.97. The number of hydrogen-bond acceptors (Lipinski definition) is 6. The zero-order chi connectivity index (χ0) is 20.4. The molecule has 0 aromatic heterocycles. The van der Waals surface area contributed by atoms with Crippen molar-refractivity contribution in [3.8, 4) is 5.75 Å². The minimum absolute atomic E-state index is 0.0135. The number of anilines is 1. The van der Waals surface area contributed by atoms with Gasteiger partial charge >= 0.3 is 0 Å². The third-order valence-corrected chi connectivity index (χ3v) is 5.94. The highest BCUT2D eigenvalue weighted by atomic mass is 32.2. The van der Waals surface area contributed by atoms with Gasteiger partial charge in [0, 0.05) is 7.05 Å². The Balaban J connectivity index is 1.29. The van der Waals surface area contributed by atoms with Crippen LogP contribution in [0.4, 0.5) is 10.5 Å². The lowest BCUT2D eigenvalue weighted by atomic mass is 10.1. The van der Waals surface area contributed by atoms with Gasteiger partial charge in [0.15, 0.2) is 0 Å². The molecule has 3 amide bonds. The van der Waals surface area contributed by atoms with Gasteiger partial charge in [0.2, 0.25) is 5.91 Å². The number of nitrogens with one attached hydrogen (secondary N) is 1. The summed E-state index contributed by atoms with van der Waals surface area (Å²) >= 11 is 1.03. The van der Waals surface area contributed by atoms with Crippen LogP contribution < -0.4 is 15.0 Å². The molecule has 2 aliphatic heterocycles. The van der Waals surface area contributed by atoms with E-state index >= 15 is 0 Å². The third-order valence-electron chi connectivity index (χ3n) is 4.96. The van der Waals surface area contributed by atoms with E-state index in [-0.39, 0.29) is 22.3 Å². The Hall–Kier alpha value is -3.00. The third kappa shape index (κ3) is 4.22. The molecular formula is C21H21N3O4S. The number of nitrogens with zero attached hydrogens (tertiary/aromatic N) is 2. The van der Waals surface area contributed by atoms with E-state index in [2.05, 4.69) is 5.32 Å². The van der Waals surface area contributed by atoms with E-state index in [4.69, 9.17) is 4.74 Å². The minimum atomic E-state index is -0.376. The average Bonchev–Trinajstić information content (AvgIpc) is 3.04. The largest absolute Gasteiger partial charge is 0.492 e. The highest BCUT2D eigenvalue weighted by molar-refractivity contribution is 8.15. The summed E-state index contributed by atoms with van der Waals surface area (Å²) in [5.74, 6) is 0.476. The number of para-hydroxylation sites is 1. The Morgan fingerprint density at radius 1 is 1.10 bits per heavy atom. The van der Waals surface area contributed by atoms with Gasteiger partial charge in [-0.05, 0) is 36.2 Å². The maximum absolute atomic E-state index is 12.6. The monoisotopic (exact) mass is 411 g/mol. The van der Waals surface area contributed by atoms with Crippen LogP contribution in [0, 0.1) is 0 Å². The molecule has 4 rings (SSSR count). The number of hydrogen-bond donors (Lipinski definition) is 1. The highest BCUT2D eigenvalue weighted by Crippen LogP contribution is 2.26. The zero-order valence-electron chi connectivity index (χ0n) is 16.0. The standard InChI is InChI=1S/C21H21N3O4S/c1-23-13-24(20(26)16-4-2-3-5-17(16)23)10-11-28-15-8-6-14(7-9-15)12-18-19(25)22-21(27)29-18/h2-9,18H,10-13H2,1H3,(H,22,25,27). The van der Waals surface area contributed by atoms with Crippen molar-refractivity contribution >= 4 is 34.5 Å². The zero-order valence-corrected chi connectivity index (χ0v) is 16.8. The van der Waals surface area contributed by atoms with E-state index in [1.54, 1.807) is 4.90 Å². The Morgan fingerprint density at radius 2 is 1.86 bits per heavy atom. The summed E-state index contributed by atoms with van der Waals surface area (Å²) in [6, 6.07) is 15.1. The second-order valence-electron chi connectivity index (χ2n) is 7.00. The maximum atomic E-state index is 12.6. The number of carbonyl (C=O) groups is 3. The number of ether oxygens (including phenoxy) is 1. The van der Waals surface area contributed by atoms with Crippen molar-refractivity contribution in [2.45, 2.75) is 11.7 Å². The summed E-state index contributed by atoms with van der Waals surface area (Å²) in [5.41, 5.74) is 2.61. The molecule has 8 heteroatoms. The number of rotatable bonds is 6. The summed E-state index contributed by atoms with van der Waals surface area (Å²) < 4.78 is 5.79. The molecule has 1 atom stereocenters. The van der Waals surface area contributed by atoms with Gasteiger partial charge in [-0.25, -0.2) is 0 Å². The molecule has 0 radical (unpaired) electrons. The van der Waals surface area contributed by atoms with Gasteiger partial charge < -0.3 is 14.5 Å². The minimum Gasteiger partial charge on any atom is -0.492 e. The highest BCUT2D eigenvalue weighted by Gasteiger charge is 2.31. The van der Waals surface area contributed by atoms with Crippen LogP contribution in [0.1, 0.15) is 15.9 Å². The van der Waals surface area contributed by atoms with Gasteiger partial charge in [-0.15, -0.1) is 0 Å². The Bertz CT molecular complexity index is 947. The predicted octanol–water partition coefficient (Wildman–Crippen LogP) is 2.51. The normalized spacial score (nSPS) is 18.7. The van der Waals surface area contributed by atoms with E-state index < -0.39 is 0 Å². The molecule has 1 N–H and O–H groups in total. The molecule has 2 aromatic rings. The lowest BCUT2D eigenvalue weighted by Gasteiger charge is -2.35. The summed E-state index contributed by atoms with van der Waals surface area (Å²) in [4.78, 5) is 39.4. The van der Waals surface area contributed by atoms with Crippen molar-refractivity contribution in [1.82, 2.24) is 10.2 Å². The van der Waals surface area contributed by atoms with E-state index in [9.17, 15) is 14.4 Å². The molecule has 7 nitrogen and oxygen atoms in total. The SMILES string of the molecule is CN1CN(CCOc2ccc(CC3SC(=O)NC3=O)cc2)C(=O)c2ccccc21. The van der Waals surface area contributed by atoms with E-state index in [0.717, 1.165) is 23.0 Å². The summed E-state index contributed by atoms with van der Waals surface area (Å²) in [6.07, 6.45) is 0.497. The fourth-order valence-electron chi connectivity index (χ4n) is 3.46. The van der Waals surface area contributed by atoms with Gasteiger partial charge in [-0.2, -0.15) is 0 Å². The van der Waals surface area contributed by atoms with Crippen LogP contribution >= 0.6 is 11.8 Å². The topological polar surface area (TPSA) is 79.0 Å². The number of benzene rings is 2. The van der Waals surface area contributed by atoms with E-state index in [1.165, 1.54) is 0 Å². The number of fused-ring (bicyclic) bond motifs is 1. The molecule has 0 saturated carbocycles. The number of imide groups is 1. The van der Waals surface area contributed by atoms with Crippen LogP contribution in [0.3, 0.4) is 0 Å². The molecule has 2 heterocycles. The number of carbonyl (C=O) groups excluding carboxylic acids is 3. The summed E-state index contributed by atoms with van der Waals surface area (Å²) in [6.45, 7) is 1.40. The molecule has 29 heavy (non-hydrogen) atoms. The van der Waals surface area contributed by atoms with Crippen LogP contribution in [-0.4, -0.2) is 54.1 Å². The maximum Gasteiger partial charge on any atom is 0.286 e. The van der Waals surface area contributed by atoms with Gasteiger partial charge in [-0.3, -0.25) is 19.7 Å². The molecule has 0 bridgehead atoms. The van der Waals surface area contributed by atoms with Crippen molar-refractivity contribution in [3.05, 3.63) is 59.7 Å². The molecular weight excluding hydrogens is 390 g/mol. The lowest BCUT2D eigenvalue weighted by molar-refractivity contribution is -0.118. The van der Waals surface area contributed by atoms with Gasteiger partial charge in [0.1, 0.15) is 12.4 Å². The van der Waals surface area contributed by atoms with Crippen LogP contribution in [0.2, 0.25) is 0 Å². The van der Waals surface area contributed by atoms with Crippen molar-refractivity contribution in [3.63, 3.8) is 0 Å². The van der Waals surface area contributed by atoms with Gasteiger partial charge in [-0.1, -0.05) is 36.0 Å². The molecule has 0 spiro atoms. The molecule has 1 saturated heterocycles. The first-order valence-electron chi connectivity index (χ1n) is 9.34. The van der Waals surface area contributed by atoms with Crippen molar-refractivity contribution in [2.24, 2.45) is 0 Å². The van der Waals surface area contributed by atoms with Crippen LogP contribution in [0.15, 0.2) is 48.5 Å². The fraction of sp³-hybridized carbons (Fsp3) is 0.286. The van der Waals surface area contributed by atoms with Gasteiger partial charge in [0.05, 0.1) is 29.7 Å². The Morgan fingerprint density at radius 3 is 2.59 bits per heavy atom. The second kappa shape index (κ2) is 8.16. The first kappa shape index (κ1) is 19.3. The van der Waals surface area contributed by atoms with Crippen molar-refractivity contribution in [2.75, 3.05) is 31.8 Å².